The molecule has 3 aromatic carbocycles. The Morgan fingerprint density at radius 3 is 2.15 bits per heavy atom. The monoisotopic (exact) mass is 641 g/mol. The largest absolute Gasteiger partial charge is 0.493 e. The molecule has 0 aliphatic heterocycles. The van der Waals surface area contributed by atoms with Crippen molar-refractivity contribution in [3.05, 3.63) is 81.3 Å². The highest BCUT2D eigenvalue weighted by Gasteiger charge is 2.33. The van der Waals surface area contributed by atoms with Crippen molar-refractivity contribution in [2.45, 2.75) is 31.3 Å². The van der Waals surface area contributed by atoms with Gasteiger partial charge in [-0.1, -0.05) is 40.9 Å². The summed E-state index contributed by atoms with van der Waals surface area (Å²) in [6, 6.07) is 14.1. The maximum absolute atomic E-state index is 14.0. The summed E-state index contributed by atoms with van der Waals surface area (Å²) in [5.74, 6) is -0.498. The normalized spacial score (nSPS) is 11.9. The molecule has 1 atom stereocenters. The van der Waals surface area contributed by atoms with Crippen LogP contribution in [0.2, 0.25) is 15.1 Å². The van der Waals surface area contributed by atoms with E-state index in [1.54, 1.807) is 32.0 Å². The second-order valence-electron chi connectivity index (χ2n) is 8.85. The lowest BCUT2D eigenvalue weighted by Crippen LogP contribution is -2.51. The Labute approximate surface area is 254 Å². The molecule has 0 aliphatic rings. The van der Waals surface area contributed by atoms with Crippen LogP contribution in [0, 0.1) is 0 Å². The molecule has 0 aromatic heterocycles. The molecule has 0 heterocycles. The molecule has 0 spiro atoms. The van der Waals surface area contributed by atoms with Crippen molar-refractivity contribution in [1.82, 2.24) is 10.2 Å². The van der Waals surface area contributed by atoms with Gasteiger partial charge in [-0.2, -0.15) is 0 Å². The molecule has 0 unspecified atom stereocenters. The lowest BCUT2D eigenvalue weighted by atomic mass is 10.1. The zero-order valence-corrected chi connectivity index (χ0v) is 25.9. The Hall–Kier alpha value is -3.18. The van der Waals surface area contributed by atoms with Crippen LogP contribution in [0.25, 0.3) is 0 Å². The number of methoxy groups -OCH3 is 2. The van der Waals surface area contributed by atoms with Crippen molar-refractivity contribution in [2.75, 3.05) is 31.6 Å². The number of nitrogens with zero attached hydrogens (tertiary/aromatic N) is 2. The summed E-state index contributed by atoms with van der Waals surface area (Å²) in [5, 5.41) is 3.70. The van der Waals surface area contributed by atoms with Crippen LogP contribution in [0.5, 0.6) is 11.5 Å². The van der Waals surface area contributed by atoms with E-state index in [0.717, 1.165) is 4.31 Å². The number of hydrogen-bond donors (Lipinski definition) is 1. The van der Waals surface area contributed by atoms with Crippen LogP contribution in [0.3, 0.4) is 0 Å². The average Bonchev–Trinajstić information content (AvgIpc) is 2.96. The van der Waals surface area contributed by atoms with Gasteiger partial charge in [-0.3, -0.25) is 13.9 Å². The molecule has 41 heavy (non-hydrogen) atoms. The van der Waals surface area contributed by atoms with Gasteiger partial charge in [0.15, 0.2) is 11.5 Å². The van der Waals surface area contributed by atoms with Gasteiger partial charge in [-0.05, 0) is 67.9 Å². The Morgan fingerprint density at radius 2 is 1.56 bits per heavy atom. The van der Waals surface area contributed by atoms with E-state index in [1.807, 2.05) is 0 Å². The van der Waals surface area contributed by atoms with Crippen LogP contribution in [0.4, 0.5) is 5.69 Å². The first-order valence-corrected chi connectivity index (χ1v) is 15.0. The van der Waals surface area contributed by atoms with Gasteiger partial charge in [-0.25, -0.2) is 8.42 Å². The van der Waals surface area contributed by atoms with Gasteiger partial charge in [-0.15, -0.1) is 0 Å². The molecule has 0 saturated heterocycles. The third-order valence-corrected chi connectivity index (χ3v) is 8.95. The molecular formula is C28H30Cl3N3O6S. The summed E-state index contributed by atoms with van der Waals surface area (Å²) in [5.41, 5.74) is 0.794. The Morgan fingerprint density at radius 1 is 0.902 bits per heavy atom. The SMILES string of the molecule is CCNC(=O)[C@H](C)N(Cc1ccc(Cl)c(Cl)c1)C(=O)CN(c1ccc(Cl)cc1)S(=O)(=O)c1ccc(OC)c(OC)c1. The fraction of sp³-hybridized carbons (Fsp3) is 0.286. The lowest BCUT2D eigenvalue weighted by Gasteiger charge is -2.32. The standard InChI is InChI=1S/C28H30Cl3N3O6S/c1-5-32-28(36)18(2)33(16-19-6-12-23(30)24(31)14-19)27(35)17-34(21-9-7-20(29)8-10-21)41(37,38)22-11-13-25(39-3)26(15-22)40-4/h6-15,18H,5,16-17H2,1-4H3,(H,32,36)/t18-/m0/s1. The Bertz CT molecular complexity index is 1500. The van der Waals surface area contributed by atoms with Crippen LogP contribution >= 0.6 is 34.8 Å². The van der Waals surface area contributed by atoms with Crippen molar-refractivity contribution in [2.24, 2.45) is 0 Å². The number of sulfonamides is 1. The highest BCUT2D eigenvalue weighted by atomic mass is 35.5. The predicted octanol–water partition coefficient (Wildman–Crippen LogP) is 5.41. The molecule has 0 fully saturated rings. The van der Waals surface area contributed by atoms with Crippen LogP contribution in [0.15, 0.2) is 65.6 Å². The molecule has 0 aliphatic carbocycles. The number of hydrogen-bond acceptors (Lipinski definition) is 6. The number of anilines is 1. The summed E-state index contributed by atoms with van der Waals surface area (Å²) in [6.07, 6.45) is 0. The molecule has 3 rings (SSSR count). The zero-order valence-electron chi connectivity index (χ0n) is 22.9. The van der Waals surface area contributed by atoms with Crippen molar-refractivity contribution in [1.29, 1.82) is 0 Å². The van der Waals surface area contributed by atoms with Gasteiger partial charge >= 0.3 is 0 Å². The molecule has 2 amide bonds. The van der Waals surface area contributed by atoms with Crippen LogP contribution in [-0.4, -0.2) is 58.5 Å². The fourth-order valence-electron chi connectivity index (χ4n) is 3.98. The first-order chi connectivity index (χ1) is 19.4. The molecule has 13 heteroatoms. The lowest BCUT2D eigenvalue weighted by molar-refractivity contribution is -0.139. The maximum Gasteiger partial charge on any atom is 0.264 e. The number of rotatable bonds is 12. The van der Waals surface area contributed by atoms with E-state index < -0.39 is 34.4 Å². The summed E-state index contributed by atoms with van der Waals surface area (Å²) < 4.78 is 39.5. The highest BCUT2D eigenvalue weighted by Crippen LogP contribution is 2.33. The molecule has 0 bridgehead atoms. The van der Waals surface area contributed by atoms with E-state index >= 15 is 0 Å². The van der Waals surface area contributed by atoms with Gasteiger partial charge in [0.05, 0.1) is 34.8 Å². The van der Waals surface area contributed by atoms with E-state index in [9.17, 15) is 18.0 Å². The smallest absolute Gasteiger partial charge is 0.264 e. The number of likely N-dealkylation sites (N-methyl/N-ethyl adjacent to an activating group) is 1. The Balaban J connectivity index is 2.07. The molecule has 0 saturated carbocycles. The van der Waals surface area contributed by atoms with Crippen molar-refractivity contribution in [3.63, 3.8) is 0 Å². The van der Waals surface area contributed by atoms with Crippen LogP contribution in [0.1, 0.15) is 19.4 Å². The minimum absolute atomic E-state index is 0.0289. The van der Waals surface area contributed by atoms with Gasteiger partial charge in [0.1, 0.15) is 12.6 Å². The number of amides is 2. The number of halogens is 3. The highest BCUT2D eigenvalue weighted by molar-refractivity contribution is 7.92. The van der Waals surface area contributed by atoms with Crippen LogP contribution < -0.4 is 19.1 Å². The van der Waals surface area contributed by atoms with E-state index in [4.69, 9.17) is 44.3 Å². The molecular weight excluding hydrogens is 613 g/mol. The van der Waals surface area contributed by atoms with Crippen molar-refractivity contribution in [3.8, 4) is 11.5 Å². The maximum atomic E-state index is 14.0. The topological polar surface area (TPSA) is 105 Å². The minimum Gasteiger partial charge on any atom is -0.493 e. The first kappa shape index (κ1) is 32.3. The second kappa shape index (κ2) is 14.1. The van der Waals surface area contributed by atoms with Crippen LogP contribution in [-0.2, 0) is 26.2 Å². The number of ether oxygens (including phenoxy) is 2. The second-order valence-corrected chi connectivity index (χ2v) is 12.0. The van der Waals surface area contributed by atoms with E-state index in [2.05, 4.69) is 5.32 Å². The van der Waals surface area contributed by atoms with Gasteiger partial charge in [0.25, 0.3) is 10.0 Å². The molecule has 0 radical (unpaired) electrons. The molecule has 220 valence electrons. The number of benzene rings is 3. The van der Waals surface area contributed by atoms with E-state index in [0.29, 0.717) is 27.9 Å². The summed E-state index contributed by atoms with van der Waals surface area (Å²) in [4.78, 5) is 27.9. The molecule has 9 nitrogen and oxygen atoms in total. The third kappa shape index (κ3) is 7.77. The average molecular weight is 643 g/mol. The van der Waals surface area contributed by atoms with E-state index in [-0.39, 0.29) is 27.9 Å². The summed E-state index contributed by atoms with van der Waals surface area (Å²) >= 11 is 18.3. The van der Waals surface area contributed by atoms with Crippen molar-refractivity contribution >= 4 is 62.3 Å². The molecule has 1 N–H and O–H groups in total. The number of nitrogens with one attached hydrogen (secondary N) is 1. The quantitative estimate of drug-likeness (QED) is 0.283. The zero-order chi connectivity index (χ0) is 30.3. The Kier molecular flexibility index (Phi) is 11.1. The van der Waals surface area contributed by atoms with Crippen molar-refractivity contribution < 1.29 is 27.5 Å². The van der Waals surface area contributed by atoms with Gasteiger partial charge in [0.2, 0.25) is 11.8 Å². The predicted molar refractivity (Wildman–Crippen MR) is 161 cm³/mol. The number of carbonyl (C=O) groups is 2. The third-order valence-electron chi connectivity index (χ3n) is 6.19. The first-order valence-electron chi connectivity index (χ1n) is 12.4. The van der Waals surface area contributed by atoms with Gasteiger partial charge in [0, 0.05) is 24.2 Å². The summed E-state index contributed by atoms with van der Waals surface area (Å²) in [6.45, 7) is 3.02. The van der Waals surface area contributed by atoms with E-state index in [1.165, 1.54) is 61.6 Å². The summed E-state index contributed by atoms with van der Waals surface area (Å²) in [7, 11) is -1.51. The molecule has 3 aromatic rings. The van der Waals surface area contributed by atoms with Gasteiger partial charge < -0.3 is 19.7 Å². The number of carbonyl (C=O) groups excluding carboxylic acids is 2. The fourth-order valence-corrected chi connectivity index (χ4v) is 5.86. The minimum atomic E-state index is -4.33.